The summed E-state index contributed by atoms with van der Waals surface area (Å²) in [5, 5.41) is 3.19. The maximum absolute atomic E-state index is 13.6. The van der Waals surface area contributed by atoms with E-state index in [-0.39, 0.29) is 17.0 Å². The minimum atomic E-state index is -4.00. The molecular weight excluding hydrogens is 595 g/mol. The lowest BCUT2D eigenvalue weighted by atomic mass is 9.88. The van der Waals surface area contributed by atoms with Gasteiger partial charge in [-0.15, -0.1) is 0 Å². The Morgan fingerprint density at radius 2 is 1.24 bits per heavy atom. The van der Waals surface area contributed by atoms with E-state index in [4.69, 9.17) is 4.18 Å². The largest absolute Gasteiger partial charge is 0.377 e. The molecule has 2 aromatic carbocycles. The summed E-state index contributed by atoms with van der Waals surface area (Å²) in [5.41, 5.74) is 1.45. The number of hydrogen-bond donors (Lipinski definition) is 2. The molecule has 0 aliphatic carbocycles. The summed E-state index contributed by atoms with van der Waals surface area (Å²) >= 11 is 0. The summed E-state index contributed by atoms with van der Waals surface area (Å²) in [6.07, 6.45) is 20.4. The summed E-state index contributed by atoms with van der Waals surface area (Å²) in [6, 6.07) is 14.1. The van der Waals surface area contributed by atoms with Gasteiger partial charge in [-0.1, -0.05) is 139 Å². The van der Waals surface area contributed by atoms with Crippen molar-refractivity contribution in [1.82, 2.24) is 11.5 Å². The van der Waals surface area contributed by atoms with Crippen molar-refractivity contribution >= 4 is 21.7 Å². The van der Waals surface area contributed by atoms with Gasteiger partial charge in [-0.2, -0.15) is 8.42 Å². The highest BCUT2D eigenvalue weighted by molar-refractivity contribution is 7.86. The minimum absolute atomic E-state index is 0. The van der Waals surface area contributed by atoms with Gasteiger partial charge in [0.05, 0.1) is 22.1 Å². The third-order valence-electron chi connectivity index (χ3n) is 9.06. The van der Waals surface area contributed by atoms with Gasteiger partial charge in [-0.25, -0.2) is 0 Å². The molecule has 0 aromatic heterocycles. The second-order valence-corrected chi connectivity index (χ2v) is 14.9. The number of nitrogens with zero attached hydrogens (tertiary/aromatic N) is 1. The first kappa shape index (κ1) is 41.6. The van der Waals surface area contributed by atoms with Crippen LogP contribution < -0.4 is 16.4 Å². The average molecular weight is 660 g/mol. The number of carbonyl (C=O) groups excluding carboxylic acids is 1. The van der Waals surface area contributed by atoms with E-state index in [0.717, 1.165) is 30.5 Å². The predicted molar refractivity (Wildman–Crippen MR) is 195 cm³/mol. The lowest BCUT2D eigenvalue weighted by Gasteiger charge is -2.36. The van der Waals surface area contributed by atoms with Crippen LogP contribution in [-0.2, 0) is 14.3 Å². The van der Waals surface area contributed by atoms with Gasteiger partial charge < -0.3 is 16.4 Å². The summed E-state index contributed by atoms with van der Waals surface area (Å²) in [7, 11) is -0.193. The Balaban J connectivity index is 0.0000106. The Hall–Kier alpha value is -2.42. The second-order valence-electron chi connectivity index (χ2n) is 13.3. The lowest BCUT2D eigenvalue weighted by molar-refractivity contribution is 0.0721. The first-order chi connectivity index (χ1) is 21.5. The Kier molecular flexibility index (Phi) is 20.1. The average Bonchev–Trinajstić information content (AvgIpc) is 3.00. The number of carbonyl (C=O) groups is 1. The molecule has 2 atom stereocenters. The highest BCUT2D eigenvalue weighted by Gasteiger charge is 2.37. The van der Waals surface area contributed by atoms with Crippen LogP contribution in [-0.4, -0.2) is 40.1 Å². The van der Waals surface area contributed by atoms with Crippen molar-refractivity contribution in [3.8, 4) is 0 Å². The molecule has 46 heavy (non-hydrogen) atoms. The van der Waals surface area contributed by atoms with Crippen LogP contribution in [0.2, 0.25) is 0 Å². The SMILES string of the molecule is CCCCCCCCCCCCCCCCCCC(C)(NC(=O)c1ccccc1N(C)C)C(C)OS(=O)(=O)c1ccc(C)cc1.N. The molecule has 2 rings (SSSR count). The first-order valence-electron chi connectivity index (χ1n) is 17.6. The van der Waals surface area contributed by atoms with Crippen molar-refractivity contribution in [2.24, 2.45) is 0 Å². The van der Waals surface area contributed by atoms with E-state index in [2.05, 4.69) is 12.2 Å². The molecule has 2 aromatic rings. The van der Waals surface area contributed by atoms with E-state index in [1.54, 1.807) is 37.3 Å². The van der Waals surface area contributed by atoms with E-state index < -0.39 is 21.8 Å². The van der Waals surface area contributed by atoms with Gasteiger partial charge in [0.2, 0.25) is 0 Å². The third kappa shape index (κ3) is 15.0. The zero-order valence-electron chi connectivity index (χ0n) is 29.9. The monoisotopic (exact) mass is 659 g/mol. The molecule has 0 heterocycles. The molecule has 0 saturated heterocycles. The first-order valence-corrected chi connectivity index (χ1v) is 19.0. The third-order valence-corrected chi connectivity index (χ3v) is 10.4. The van der Waals surface area contributed by atoms with Crippen LogP contribution in [0.4, 0.5) is 5.69 Å². The van der Waals surface area contributed by atoms with Crippen molar-refractivity contribution in [2.45, 2.75) is 153 Å². The number of aryl methyl sites for hydroxylation is 1. The quantitative estimate of drug-likeness (QED) is 0.0857. The fourth-order valence-electron chi connectivity index (χ4n) is 5.85. The molecule has 4 N–H and O–H groups in total. The van der Waals surface area contributed by atoms with Crippen molar-refractivity contribution in [2.75, 3.05) is 19.0 Å². The number of unbranched alkanes of at least 4 members (excludes halogenated alkanes) is 15. The molecule has 0 bridgehead atoms. The Labute approximate surface area is 282 Å². The number of benzene rings is 2. The Morgan fingerprint density at radius 1 is 0.783 bits per heavy atom. The molecule has 1 amide bonds. The molecule has 0 aliphatic heterocycles. The lowest BCUT2D eigenvalue weighted by Crippen LogP contribution is -2.55. The van der Waals surface area contributed by atoms with E-state index in [9.17, 15) is 13.2 Å². The maximum atomic E-state index is 13.6. The van der Waals surface area contributed by atoms with Crippen molar-refractivity contribution in [3.05, 3.63) is 59.7 Å². The number of amides is 1. The molecule has 0 spiro atoms. The van der Waals surface area contributed by atoms with Crippen LogP contribution in [0.5, 0.6) is 0 Å². The van der Waals surface area contributed by atoms with Gasteiger partial charge in [0.25, 0.3) is 16.0 Å². The van der Waals surface area contributed by atoms with E-state index in [1.807, 2.05) is 51.0 Å². The van der Waals surface area contributed by atoms with Gasteiger partial charge in [-0.05, 0) is 51.5 Å². The molecule has 262 valence electrons. The summed E-state index contributed by atoms with van der Waals surface area (Å²) in [5.74, 6) is -0.235. The standard InChI is InChI=1S/C38H62N2O4S.H3N/c1-7-8-9-10-11-12-13-14-15-16-17-18-19-20-21-24-31-38(4,39-37(41)35-25-22-23-26-36(35)40(5)6)33(3)44-45(42,43)34-29-27-32(2)28-30-34;/h22-23,25-30,33H,7-21,24,31H2,1-6H3,(H,39,41);1H3. The van der Waals surface area contributed by atoms with Gasteiger partial charge in [0.1, 0.15) is 0 Å². The number of nitrogens with one attached hydrogen (secondary N) is 1. The predicted octanol–water partition coefficient (Wildman–Crippen LogP) is 10.2. The van der Waals surface area contributed by atoms with Crippen LogP contribution in [0.1, 0.15) is 146 Å². The summed E-state index contributed by atoms with van der Waals surface area (Å²) in [6.45, 7) is 7.84. The molecule has 2 unspecified atom stereocenters. The van der Waals surface area contributed by atoms with Crippen molar-refractivity contribution in [1.29, 1.82) is 0 Å². The van der Waals surface area contributed by atoms with Crippen LogP contribution in [0.25, 0.3) is 0 Å². The molecular formula is C38H65N3O4S. The number of para-hydroxylation sites is 1. The number of rotatable bonds is 24. The Bertz CT molecular complexity index is 1220. The zero-order chi connectivity index (χ0) is 33.1. The van der Waals surface area contributed by atoms with E-state index >= 15 is 0 Å². The highest BCUT2D eigenvalue weighted by Crippen LogP contribution is 2.28. The van der Waals surface area contributed by atoms with E-state index in [0.29, 0.717) is 12.0 Å². The minimum Gasteiger partial charge on any atom is -0.377 e. The fourth-order valence-corrected chi connectivity index (χ4v) is 7.02. The number of hydrogen-bond acceptors (Lipinski definition) is 6. The summed E-state index contributed by atoms with van der Waals surface area (Å²) < 4.78 is 32.1. The maximum Gasteiger partial charge on any atom is 0.297 e. The van der Waals surface area contributed by atoms with E-state index in [1.165, 1.54) is 83.5 Å². The van der Waals surface area contributed by atoms with Crippen molar-refractivity contribution < 1.29 is 17.4 Å². The van der Waals surface area contributed by atoms with Crippen LogP contribution in [0.3, 0.4) is 0 Å². The Morgan fingerprint density at radius 3 is 1.72 bits per heavy atom. The van der Waals surface area contributed by atoms with Crippen LogP contribution >= 0.6 is 0 Å². The van der Waals surface area contributed by atoms with Crippen LogP contribution in [0, 0.1) is 6.92 Å². The zero-order valence-corrected chi connectivity index (χ0v) is 30.7. The molecule has 0 saturated carbocycles. The molecule has 8 heteroatoms. The van der Waals surface area contributed by atoms with Gasteiger partial charge in [-0.3, -0.25) is 8.98 Å². The van der Waals surface area contributed by atoms with Gasteiger partial charge >= 0.3 is 0 Å². The van der Waals surface area contributed by atoms with Gasteiger partial charge in [0, 0.05) is 19.8 Å². The normalized spacial score (nSPS) is 13.4. The number of anilines is 1. The molecule has 0 radical (unpaired) electrons. The molecule has 0 fully saturated rings. The highest BCUT2D eigenvalue weighted by atomic mass is 32.2. The molecule has 0 aliphatic rings. The van der Waals surface area contributed by atoms with Crippen molar-refractivity contribution in [3.63, 3.8) is 0 Å². The topological polar surface area (TPSA) is 111 Å². The summed E-state index contributed by atoms with van der Waals surface area (Å²) in [4.78, 5) is 15.6. The van der Waals surface area contributed by atoms with Crippen LogP contribution in [0.15, 0.2) is 53.4 Å². The smallest absolute Gasteiger partial charge is 0.297 e. The molecule has 7 nitrogen and oxygen atoms in total. The fraction of sp³-hybridized carbons (Fsp3) is 0.658. The van der Waals surface area contributed by atoms with Gasteiger partial charge in [0.15, 0.2) is 0 Å². The second kappa shape index (κ2) is 22.2.